The monoisotopic (exact) mass is 201 g/mol. The number of hydrogen-bond acceptors (Lipinski definition) is 2. The molecule has 0 N–H and O–H groups in total. The fraction of sp³-hybridized carbons (Fsp3) is 0.833. The highest BCUT2D eigenvalue weighted by atomic mass is 19.3. The third kappa shape index (κ3) is 2.55. The Balaban J connectivity index is 2.78. The first-order valence-corrected chi connectivity index (χ1v) is 3.43. The van der Waals surface area contributed by atoms with E-state index < -0.39 is 31.2 Å². The summed E-state index contributed by atoms with van der Waals surface area (Å²) in [6, 6.07) is 0. The minimum Gasteiger partial charge on any atom is -0.325 e. The van der Waals surface area contributed by atoms with Crippen LogP contribution in [0.2, 0.25) is 0 Å². The molecule has 1 fully saturated rings. The number of nitrogens with zero attached hydrogens (tertiary/aromatic N) is 1. The topological polar surface area (TPSA) is 29.5 Å². The van der Waals surface area contributed by atoms with Crippen LogP contribution in [0, 0.1) is 0 Å². The zero-order valence-electron chi connectivity index (χ0n) is 6.69. The predicted molar refractivity (Wildman–Crippen MR) is 33.2 cm³/mol. The van der Waals surface area contributed by atoms with Crippen LogP contribution in [0.4, 0.5) is 17.6 Å². The van der Waals surface area contributed by atoms with E-state index in [4.69, 9.17) is 0 Å². The van der Waals surface area contributed by atoms with Gasteiger partial charge in [-0.1, -0.05) is 0 Å². The highest BCUT2D eigenvalue weighted by molar-refractivity contribution is 5.73. The van der Waals surface area contributed by atoms with Crippen molar-refractivity contribution in [2.75, 3.05) is 13.1 Å². The summed E-state index contributed by atoms with van der Waals surface area (Å²) in [5.74, 6) is -0.831. The lowest BCUT2D eigenvalue weighted by molar-refractivity contribution is -0.401. The van der Waals surface area contributed by atoms with E-state index in [1.54, 1.807) is 0 Å². The maximum absolute atomic E-state index is 12.4. The van der Waals surface area contributed by atoms with E-state index in [1.807, 2.05) is 0 Å². The first-order valence-electron chi connectivity index (χ1n) is 3.43. The second kappa shape index (κ2) is 2.83. The summed E-state index contributed by atoms with van der Waals surface area (Å²) in [6.45, 7) is -1.31. The molecular weight excluding hydrogens is 194 g/mol. The van der Waals surface area contributed by atoms with Crippen molar-refractivity contribution in [2.45, 2.75) is 19.1 Å². The van der Waals surface area contributed by atoms with E-state index in [2.05, 4.69) is 4.74 Å². The van der Waals surface area contributed by atoms with Crippen molar-refractivity contribution < 1.29 is 27.1 Å². The van der Waals surface area contributed by atoms with Gasteiger partial charge in [-0.15, -0.1) is 0 Å². The van der Waals surface area contributed by atoms with E-state index in [-0.39, 0.29) is 0 Å². The Morgan fingerprint density at radius 1 is 1.23 bits per heavy atom. The van der Waals surface area contributed by atoms with E-state index in [1.165, 1.54) is 0 Å². The summed E-state index contributed by atoms with van der Waals surface area (Å²) >= 11 is 0. The number of morpholine rings is 1. The Hall–Kier alpha value is -0.850. The quantitative estimate of drug-likeness (QED) is 0.548. The molecule has 0 unspecified atom stereocenters. The van der Waals surface area contributed by atoms with Crippen molar-refractivity contribution in [3.8, 4) is 0 Å². The van der Waals surface area contributed by atoms with Crippen molar-refractivity contribution in [3.63, 3.8) is 0 Å². The average Bonchev–Trinajstić information content (AvgIpc) is 1.79. The molecule has 0 aliphatic carbocycles. The van der Waals surface area contributed by atoms with Gasteiger partial charge in [-0.05, 0) is 0 Å². The molecule has 0 radical (unpaired) electrons. The number of hydrogen-bond donors (Lipinski definition) is 0. The summed E-state index contributed by atoms with van der Waals surface area (Å²) in [7, 11) is 0. The van der Waals surface area contributed by atoms with Crippen molar-refractivity contribution >= 4 is 5.91 Å². The maximum atomic E-state index is 12.4. The van der Waals surface area contributed by atoms with Crippen molar-refractivity contribution in [1.29, 1.82) is 0 Å². The van der Waals surface area contributed by atoms with Gasteiger partial charge >= 0.3 is 12.2 Å². The molecule has 0 spiro atoms. The molecule has 0 bridgehead atoms. The highest BCUT2D eigenvalue weighted by Crippen LogP contribution is 2.33. The van der Waals surface area contributed by atoms with Crippen molar-refractivity contribution in [2.24, 2.45) is 0 Å². The number of alkyl halides is 4. The molecule has 0 aromatic rings. The molecule has 1 saturated heterocycles. The predicted octanol–water partition coefficient (Wildman–Crippen LogP) is 1.05. The van der Waals surface area contributed by atoms with Crippen LogP contribution >= 0.6 is 0 Å². The lowest BCUT2D eigenvalue weighted by Crippen LogP contribution is -2.56. The SMILES string of the molecule is CC(=O)N1CC(F)(F)OC(F)(F)C1. The summed E-state index contributed by atoms with van der Waals surface area (Å²) in [5, 5.41) is 0. The van der Waals surface area contributed by atoms with Gasteiger partial charge < -0.3 is 4.90 Å². The van der Waals surface area contributed by atoms with Crippen LogP contribution in [0.5, 0.6) is 0 Å². The van der Waals surface area contributed by atoms with Gasteiger partial charge in [0.15, 0.2) is 0 Å². The third-order valence-corrected chi connectivity index (χ3v) is 1.49. The molecule has 1 aliphatic rings. The van der Waals surface area contributed by atoms with Gasteiger partial charge in [-0.25, -0.2) is 0 Å². The molecule has 0 aromatic carbocycles. The molecule has 1 rings (SSSR count). The van der Waals surface area contributed by atoms with Gasteiger partial charge in [-0.2, -0.15) is 17.6 Å². The zero-order chi connectivity index (χ0) is 10.3. The Bertz CT molecular complexity index is 215. The lowest BCUT2D eigenvalue weighted by atomic mass is 10.3. The molecule has 1 heterocycles. The number of carbonyl (C=O) groups is 1. The van der Waals surface area contributed by atoms with Crippen LogP contribution in [0.25, 0.3) is 0 Å². The zero-order valence-corrected chi connectivity index (χ0v) is 6.69. The van der Waals surface area contributed by atoms with Gasteiger partial charge in [0.2, 0.25) is 5.91 Å². The molecule has 13 heavy (non-hydrogen) atoms. The van der Waals surface area contributed by atoms with E-state index >= 15 is 0 Å². The van der Waals surface area contributed by atoms with Gasteiger partial charge in [0, 0.05) is 6.92 Å². The summed E-state index contributed by atoms with van der Waals surface area (Å²) in [4.78, 5) is 10.9. The van der Waals surface area contributed by atoms with Crippen LogP contribution in [0.3, 0.4) is 0 Å². The molecule has 1 amide bonds. The summed E-state index contributed by atoms with van der Waals surface area (Å²) in [5.41, 5.74) is 0. The smallest absolute Gasteiger partial charge is 0.325 e. The van der Waals surface area contributed by atoms with Crippen LogP contribution in [-0.2, 0) is 9.53 Å². The van der Waals surface area contributed by atoms with E-state index in [0.717, 1.165) is 6.92 Å². The third-order valence-electron chi connectivity index (χ3n) is 1.49. The number of halogens is 4. The molecular formula is C6H7F4NO2. The molecule has 0 saturated carbocycles. The molecule has 0 atom stereocenters. The standard InChI is InChI=1S/C6H7F4NO2/c1-4(12)11-2-5(7,8)13-6(9,10)3-11/h2-3H2,1H3. The average molecular weight is 201 g/mol. The molecule has 3 nitrogen and oxygen atoms in total. The fourth-order valence-corrected chi connectivity index (χ4v) is 1.01. The van der Waals surface area contributed by atoms with Crippen LogP contribution < -0.4 is 0 Å². The minimum absolute atomic E-state index is 0.351. The summed E-state index contributed by atoms with van der Waals surface area (Å²) in [6.07, 6.45) is -7.96. The Labute approximate surface area is 71.3 Å². The second-order valence-corrected chi connectivity index (χ2v) is 2.75. The molecule has 1 aliphatic heterocycles. The van der Waals surface area contributed by atoms with Crippen LogP contribution in [-0.4, -0.2) is 36.1 Å². The second-order valence-electron chi connectivity index (χ2n) is 2.75. The van der Waals surface area contributed by atoms with E-state index in [9.17, 15) is 22.4 Å². The molecule has 76 valence electrons. The maximum Gasteiger partial charge on any atom is 0.377 e. The largest absolute Gasteiger partial charge is 0.377 e. The minimum atomic E-state index is -3.98. The van der Waals surface area contributed by atoms with Gasteiger partial charge in [0.05, 0.1) is 0 Å². The fourth-order valence-electron chi connectivity index (χ4n) is 1.01. The Morgan fingerprint density at radius 2 is 1.62 bits per heavy atom. The number of amides is 1. The normalized spacial score (nSPS) is 25.8. The van der Waals surface area contributed by atoms with Crippen LogP contribution in [0.1, 0.15) is 6.92 Å². The molecule has 7 heteroatoms. The Morgan fingerprint density at radius 3 is 1.92 bits per heavy atom. The molecule has 0 aromatic heterocycles. The van der Waals surface area contributed by atoms with Crippen molar-refractivity contribution in [1.82, 2.24) is 4.90 Å². The van der Waals surface area contributed by atoms with Gasteiger partial charge in [-0.3, -0.25) is 9.53 Å². The number of rotatable bonds is 0. The first-order chi connectivity index (χ1) is 5.72. The van der Waals surface area contributed by atoms with E-state index in [0.29, 0.717) is 4.90 Å². The van der Waals surface area contributed by atoms with Gasteiger partial charge in [0.1, 0.15) is 13.1 Å². The highest BCUT2D eigenvalue weighted by Gasteiger charge is 2.52. The summed E-state index contributed by atoms with van der Waals surface area (Å²) < 4.78 is 52.8. The Kier molecular flexibility index (Phi) is 2.23. The van der Waals surface area contributed by atoms with Crippen LogP contribution in [0.15, 0.2) is 0 Å². The van der Waals surface area contributed by atoms with Gasteiger partial charge in [0.25, 0.3) is 0 Å². The number of ether oxygens (including phenoxy) is 1. The van der Waals surface area contributed by atoms with Crippen molar-refractivity contribution in [3.05, 3.63) is 0 Å². The first kappa shape index (κ1) is 10.2. The number of carbonyl (C=O) groups excluding carboxylic acids is 1. The lowest BCUT2D eigenvalue weighted by Gasteiger charge is -2.36.